The molecule has 0 amide bonds. The molecule has 0 aromatic carbocycles. The van der Waals surface area contributed by atoms with E-state index in [4.69, 9.17) is 17.3 Å². The minimum atomic E-state index is -0.176. The summed E-state index contributed by atoms with van der Waals surface area (Å²) in [5, 5.41) is 12.6. The van der Waals surface area contributed by atoms with E-state index >= 15 is 0 Å². The Morgan fingerprint density at radius 3 is 2.50 bits per heavy atom. The van der Waals surface area contributed by atoms with Crippen molar-refractivity contribution in [3.8, 4) is 0 Å². The maximum absolute atomic E-state index is 9.37. The predicted molar refractivity (Wildman–Crippen MR) is 61.1 cm³/mol. The first kappa shape index (κ1) is 11.3. The fraction of sp³-hybridized carbons (Fsp3) is 0.667. The van der Waals surface area contributed by atoms with Crippen LogP contribution >= 0.6 is 11.6 Å². The van der Waals surface area contributed by atoms with E-state index < -0.39 is 0 Å². The third kappa shape index (κ3) is 2.93. The molecule has 1 fully saturated rings. The molecule has 1 aromatic rings. The molecular weight excluding hydrogens is 230 g/mol. The number of nitrogens with zero attached hydrogens (tertiary/aromatic N) is 3. The second kappa shape index (κ2) is 4.80. The Labute approximate surface area is 98.3 Å². The first-order valence-electron chi connectivity index (χ1n) is 5.25. The molecule has 0 saturated heterocycles. The molecule has 88 valence electrons. The van der Waals surface area contributed by atoms with Crippen LogP contribution < -0.4 is 11.1 Å². The van der Waals surface area contributed by atoms with Crippen LogP contribution in [0.2, 0.25) is 5.28 Å². The highest BCUT2D eigenvalue weighted by Crippen LogP contribution is 2.21. The van der Waals surface area contributed by atoms with Crippen LogP contribution in [0, 0.1) is 0 Å². The number of nitrogen functional groups attached to an aromatic ring is 1. The Morgan fingerprint density at radius 1 is 1.19 bits per heavy atom. The van der Waals surface area contributed by atoms with Crippen molar-refractivity contribution >= 4 is 23.5 Å². The van der Waals surface area contributed by atoms with E-state index in [1.54, 1.807) is 0 Å². The molecule has 1 aliphatic carbocycles. The number of nitrogens with two attached hydrogens (primary N) is 1. The normalized spacial score (nSPS) is 25.4. The Morgan fingerprint density at radius 2 is 1.88 bits per heavy atom. The van der Waals surface area contributed by atoms with Crippen molar-refractivity contribution in [1.29, 1.82) is 0 Å². The summed E-state index contributed by atoms with van der Waals surface area (Å²) in [6, 6.07) is 0.265. The SMILES string of the molecule is Nc1nc(Cl)nc(NC2CCC(O)CC2)n1. The van der Waals surface area contributed by atoms with E-state index in [0.717, 1.165) is 25.7 Å². The Hall–Kier alpha value is -1.14. The number of nitrogens with one attached hydrogen (secondary N) is 1. The summed E-state index contributed by atoms with van der Waals surface area (Å²) in [5.41, 5.74) is 5.46. The molecule has 1 heterocycles. The number of aliphatic hydroxyl groups excluding tert-OH is 1. The quantitative estimate of drug-likeness (QED) is 0.712. The molecule has 1 saturated carbocycles. The molecule has 0 spiro atoms. The third-order valence-corrected chi connectivity index (χ3v) is 2.82. The lowest BCUT2D eigenvalue weighted by Crippen LogP contribution is -2.29. The van der Waals surface area contributed by atoms with E-state index in [9.17, 15) is 5.11 Å². The lowest BCUT2D eigenvalue weighted by atomic mass is 9.93. The lowest BCUT2D eigenvalue weighted by Gasteiger charge is -2.26. The highest BCUT2D eigenvalue weighted by Gasteiger charge is 2.20. The van der Waals surface area contributed by atoms with E-state index in [1.807, 2.05) is 0 Å². The second-order valence-corrected chi connectivity index (χ2v) is 4.27. The van der Waals surface area contributed by atoms with Crippen LogP contribution in [0.1, 0.15) is 25.7 Å². The molecule has 4 N–H and O–H groups in total. The summed E-state index contributed by atoms with van der Waals surface area (Å²) in [6.07, 6.45) is 3.21. The highest BCUT2D eigenvalue weighted by molar-refractivity contribution is 6.28. The number of anilines is 2. The number of rotatable bonds is 2. The van der Waals surface area contributed by atoms with Crippen LogP contribution in [-0.2, 0) is 0 Å². The molecule has 6 nitrogen and oxygen atoms in total. The molecule has 7 heteroatoms. The average Bonchev–Trinajstić information content (AvgIpc) is 2.20. The minimum absolute atomic E-state index is 0.0887. The smallest absolute Gasteiger partial charge is 0.229 e. The third-order valence-electron chi connectivity index (χ3n) is 2.66. The largest absolute Gasteiger partial charge is 0.393 e. The van der Waals surface area contributed by atoms with Crippen LogP contribution in [-0.4, -0.2) is 32.2 Å². The zero-order valence-corrected chi connectivity index (χ0v) is 9.48. The van der Waals surface area contributed by atoms with Crippen molar-refractivity contribution in [2.24, 2.45) is 0 Å². The lowest BCUT2D eigenvalue weighted by molar-refractivity contribution is 0.126. The van der Waals surface area contributed by atoms with E-state index in [0.29, 0.717) is 5.95 Å². The van der Waals surface area contributed by atoms with Gasteiger partial charge < -0.3 is 16.2 Å². The summed E-state index contributed by atoms with van der Waals surface area (Å²) in [7, 11) is 0. The van der Waals surface area contributed by atoms with E-state index in [-0.39, 0.29) is 23.4 Å². The Kier molecular flexibility index (Phi) is 3.40. The zero-order valence-electron chi connectivity index (χ0n) is 8.73. The maximum Gasteiger partial charge on any atom is 0.229 e. The first-order chi connectivity index (χ1) is 7.63. The molecule has 16 heavy (non-hydrogen) atoms. The van der Waals surface area contributed by atoms with Gasteiger partial charge in [0, 0.05) is 6.04 Å². The number of aliphatic hydroxyl groups is 1. The molecule has 1 aliphatic rings. The van der Waals surface area contributed by atoms with Crippen LogP contribution in [0.3, 0.4) is 0 Å². The Balaban J connectivity index is 1.98. The number of hydrogen-bond acceptors (Lipinski definition) is 6. The van der Waals surface area contributed by atoms with Crippen molar-refractivity contribution in [3.63, 3.8) is 0 Å². The van der Waals surface area contributed by atoms with Crippen molar-refractivity contribution in [2.75, 3.05) is 11.1 Å². The van der Waals surface area contributed by atoms with Crippen LogP contribution in [0.5, 0.6) is 0 Å². The van der Waals surface area contributed by atoms with Crippen LogP contribution in [0.4, 0.5) is 11.9 Å². The van der Waals surface area contributed by atoms with Crippen molar-refractivity contribution in [3.05, 3.63) is 5.28 Å². The summed E-state index contributed by atoms with van der Waals surface area (Å²) in [5.74, 6) is 0.511. The monoisotopic (exact) mass is 243 g/mol. The molecule has 0 atom stereocenters. The van der Waals surface area contributed by atoms with Gasteiger partial charge >= 0.3 is 0 Å². The first-order valence-corrected chi connectivity index (χ1v) is 5.63. The van der Waals surface area contributed by atoms with E-state index in [2.05, 4.69) is 20.3 Å². The molecular formula is C9H14ClN5O. The summed E-state index contributed by atoms with van der Waals surface area (Å²) < 4.78 is 0. The molecule has 2 rings (SSSR count). The summed E-state index contributed by atoms with van der Waals surface area (Å²) >= 11 is 5.67. The van der Waals surface area contributed by atoms with Crippen molar-refractivity contribution in [2.45, 2.75) is 37.8 Å². The molecule has 0 bridgehead atoms. The number of halogens is 1. The van der Waals surface area contributed by atoms with Gasteiger partial charge in [0.1, 0.15) is 0 Å². The second-order valence-electron chi connectivity index (χ2n) is 3.94. The minimum Gasteiger partial charge on any atom is -0.393 e. The van der Waals surface area contributed by atoms with Gasteiger partial charge in [-0.25, -0.2) is 0 Å². The van der Waals surface area contributed by atoms with Crippen molar-refractivity contribution < 1.29 is 5.11 Å². The van der Waals surface area contributed by atoms with Gasteiger partial charge in [0.25, 0.3) is 0 Å². The van der Waals surface area contributed by atoms with Gasteiger partial charge in [0.05, 0.1) is 6.10 Å². The van der Waals surface area contributed by atoms with E-state index in [1.165, 1.54) is 0 Å². The fourth-order valence-electron chi connectivity index (χ4n) is 1.83. The number of hydrogen-bond donors (Lipinski definition) is 3. The predicted octanol–water partition coefficient (Wildman–Crippen LogP) is 0.823. The molecule has 0 aliphatic heterocycles. The maximum atomic E-state index is 9.37. The highest BCUT2D eigenvalue weighted by atomic mass is 35.5. The van der Waals surface area contributed by atoms with Gasteiger partial charge in [0.2, 0.25) is 17.2 Å². The summed E-state index contributed by atoms with van der Waals surface area (Å²) in [6.45, 7) is 0. The fourth-order valence-corrected chi connectivity index (χ4v) is 2.00. The average molecular weight is 244 g/mol. The standard InChI is InChI=1S/C9H14ClN5O/c10-7-13-8(11)15-9(14-7)12-5-1-3-6(16)4-2-5/h5-6,16H,1-4H2,(H3,11,12,13,14,15). The summed E-state index contributed by atoms with van der Waals surface area (Å²) in [4.78, 5) is 11.6. The zero-order chi connectivity index (χ0) is 11.5. The van der Waals surface area contributed by atoms with Gasteiger partial charge in [-0.15, -0.1) is 0 Å². The number of aromatic nitrogens is 3. The van der Waals surface area contributed by atoms with Gasteiger partial charge in [-0.2, -0.15) is 15.0 Å². The molecule has 1 aromatic heterocycles. The molecule has 0 radical (unpaired) electrons. The van der Waals surface area contributed by atoms with Crippen LogP contribution in [0.25, 0.3) is 0 Å². The Bertz CT molecular complexity index is 347. The topological polar surface area (TPSA) is 97.0 Å². The van der Waals surface area contributed by atoms with Crippen molar-refractivity contribution in [1.82, 2.24) is 15.0 Å². The molecule has 0 unspecified atom stereocenters. The van der Waals surface area contributed by atoms with Gasteiger partial charge in [-0.3, -0.25) is 0 Å². The van der Waals surface area contributed by atoms with Gasteiger partial charge in [-0.1, -0.05) is 0 Å². The van der Waals surface area contributed by atoms with Crippen LogP contribution in [0.15, 0.2) is 0 Å². The van der Waals surface area contributed by atoms with Gasteiger partial charge in [-0.05, 0) is 37.3 Å². The van der Waals surface area contributed by atoms with Gasteiger partial charge in [0.15, 0.2) is 0 Å².